The Morgan fingerprint density at radius 1 is 1.55 bits per heavy atom. The van der Waals surface area contributed by atoms with Gasteiger partial charge in [0.25, 0.3) is 0 Å². The summed E-state index contributed by atoms with van der Waals surface area (Å²) in [5, 5.41) is 20.6. The first-order valence-corrected chi connectivity index (χ1v) is 3.85. The van der Waals surface area contributed by atoms with Gasteiger partial charge in [-0.1, -0.05) is 11.6 Å². The van der Waals surface area contributed by atoms with Crippen LogP contribution in [0.4, 0.5) is 0 Å². The van der Waals surface area contributed by atoms with Crippen LogP contribution >= 0.6 is 0 Å². The maximum atomic E-state index is 8.81. The molecular formula is C7H14N2O2. The number of hydroxylamine groups is 1. The second-order valence-corrected chi connectivity index (χ2v) is 3.20. The Morgan fingerprint density at radius 3 is 2.73 bits per heavy atom. The average Bonchev–Trinajstić information content (AvgIpc) is 2.05. The molecular weight excluding hydrogens is 144 g/mol. The lowest BCUT2D eigenvalue weighted by molar-refractivity contribution is 0.0933. The van der Waals surface area contributed by atoms with Crippen LogP contribution in [-0.2, 0) is 0 Å². The summed E-state index contributed by atoms with van der Waals surface area (Å²) >= 11 is 0. The molecule has 0 unspecified atom stereocenters. The van der Waals surface area contributed by atoms with E-state index in [1.807, 2.05) is 6.92 Å². The van der Waals surface area contributed by atoms with Gasteiger partial charge < -0.3 is 10.4 Å². The summed E-state index contributed by atoms with van der Waals surface area (Å²) in [6, 6.07) is 0. The van der Waals surface area contributed by atoms with Gasteiger partial charge in [0.05, 0.1) is 11.3 Å². The van der Waals surface area contributed by atoms with Crippen molar-refractivity contribution >= 4 is 5.71 Å². The third-order valence-electron chi connectivity index (χ3n) is 2.34. The summed E-state index contributed by atoms with van der Waals surface area (Å²) in [7, 11) is 0. The van der Waals surface area contributed by atoms with Crippen molar-refractivity contribution in [1.82, 2.24) is 5.48 Å². The second kappa shape index (κ2) is 3.19. The summed E-state index contributed by atoms with van der Waals surface area (Å²) in [6.45, 7) is 1.83. The molecule has 1 fully saturated rings. The summed E-state index contributed by atoms with van der Waals surface area (Å²) in [6.07, 6.45) is 3.68. The molecule has 3 N–H and O–H groups in total. The molecule has 0 bridgehead atoms. The number of hydrogen-bond acceptors (Lipinski definition) is 4. The molecule has 11 heavy (non-hydrogen) atoms. The van der Waals surface area contributed by atoms with E-state index < -0.39 is 5.54 Å². The highest BCUT2D eigenvalue weighted by Gasteiger charge is 2.32. The Bertz CT molecular complexity index is 170. The van der Waals surface area contributed by atoms with E-state index >= 15 is 0 Å². The van der Waals surface area contributed by atoms with Gasteiger partial charge in [0, 0.05) is 0 Å². The molecule has 1 atom stereocenters. The number of hydrogen-bond donors (Lipinski definition) is 3. The predicted octanol–water partition coefficient (Wildman–Crippen LogP) is 1.13. The third-order valence-corrected chi connectivity index (χ3v) is 2.34. The molecule has 1 aliphatic rings. The van der Waals surface area contributed by atoms with E-state index in [-0.39, 0.29) is 0 Å². The summed E-state index contributed by atoms with van der Waals surface area (Å²) in [5.74, 6) is 0. The topological polar surface area (TPSA) is 64.8 Å². The molecule has 64 valence electrons. The lowest BCUT2D eigenvalue weighted by Gasteiger charge is -2.32. The molecule has 0 heterocycles. The van der Waals surface area contributed by atoms with Crippen LogP contribution in [0.25, 0.3) is 0 Å². The predicted molar refractivity (Wildman–Crippen MR) is 41.0 cm³/mol. The van der Waals surface area contributed by atoms with Crippen LogP contribution in [0, 0.1) is 0 Å². The van der Waals surface area contributed by atoms with Gasteiger partial charge in [-0.05, 0) is 26.2 Å². The van der Waals surface area contributed by atoms with Crippen LogP contribution in [0.1, 0.15) is 32.6 Å². The zero-order valence-corrected chi connectivity index (χ0v) is 6.67. The monoisotopic (exact) mass is 158 g/mol. The smallest absolute Gasteiger partial charge is 0.0814 e. The fourth-order valence-electron chi connectivity index (χ4n) is 1.47. The van der Waals surface area contributed by atoms with E-state index in [4.69, 9.17) is 10.4 Å². The van der Waals surface area contributed by atoms with Crippen LogP contribution in [-0.4, -0.2) is 21.7 Å². The first kappa shape index (κ1) is 8.49. The highest BCUT2D eigenvalue weighted by molar-refractivity contribution is 5.93. The third kappa shape index (κ3) is 1.52. The van der Waals surface area contributed by atoms with Gasteiger partial charge in [-0.2, -0.15) is 5.48 Å². The van der Waals surface area contributed by atoms with E-state index in [0.29, 0.717) is 5.71 Å². The molecule has 0 aliphatic heterocycles. The van der Waals surface area contributed by atoms with Gasteiger partial charge in [0.2, 0.25) is 0 Å². The SMILES string of the molecule is C[C@]1(NO)CCCC/C1=N/O. The lowest BCUT2D eigenvalue weighted by Crippen LogP contribution is -2.49. The van der Waals surface area contributed by atoms with Gasteiger partial charge >= 0.3 is 0 Å². The quantitative estimate of drug-likeness (QED) is 0.396. The van der Waals surface area contributed by atoms with Gasteiger partial charge in [0.1, 0.15) is 0 Å². The molecule has 1 saturated carbocycles. The van der Waals surface area contributed by atoms with Gasteiger partial charge in [-0.25, -0.2) is 0 Å². The molecule has 0 saturated heterocycles. The van der Waals surface area contributed by atoms with Gasteiger partial charge in [-0.3, -0.25) is 0 Å². The number of nitrogens with one attached hydrogen (secondary N) is 1. The Labute approximate surface area is 65.9 Å². The molecule has 4 nitrogen and oxygen atoms in total. The van der Waals surface area contributed by atoms with Gasteiger partial charge in [-0.15, -0.1) is 0 Å². The summed E-state index contributed by atoms with van der Waals surface area (Å²) in [4.78, 5) is 0. The van der Waals surface area contributed by atoms with Crippen LogP contribution in [0.5, 0.6) is 0 Å². The Morgan fingerprint density at radius 2 is 2.27 bits per heavy atom. The zero-order chi connectivity index (χ0) is 8.32. The minimum atomic E-state index is -0.507. The zero-order valence-electron chi connectivity index (χ0n) is 6.67. The Kier molecular flexibility index (Phi) is 2.46. The van der Waals surface area contributed by atoms with Crippen LogP contribution in [0.2, 0.25) is 0 Å². The molecule has 0 aromatic heterocycles. The first-order chi connectivity index (χ1) is 5.23. The second-order valence-electron chi connectivity index (χ2n) is 3.20. The van der Waals surface area contributed by atoms with E-state index in [1.165, 1.54) is 0 Å². The van der Waals surface area contributed by atoms with Crippen molar-refractivity contribution in [3.8, 4) is 0 Å². The van der Waals surface area contributed by atoms with Crippen molar-refractivity contribution in [2.75, 3.05) is 0 Å². The molecule has 0 radical (unpaired) electrons. The van der Waals surface area contributed by atoms with E-state index in [0.717, 1.165) is 25.7 Å². The van der Waals surface area contributed by atoms with Crippen LogP contribution < -0.4 is 5.48 Å². The van der Waals surface area contributed by atoms with E-state index in [9.17, 15) is 0 Å². The molecule has 0 aromatic rings. The molecule has 0 spiro atoms. The van der Waals surface area contributed by atoms with E-state index in [1.54, 1.807) is 0 Å². The molecule has 0 aromatic carbocycles. The molecule has 1 aliphatic carbocycles. The van der Waals surface area contributed by atoms with Crippen molar-refractivity contribution in [2.45, 2.75) is 38.1 Å². The molecule has 1 rings (SSSR count). The largest absolute Gasteiger partial charge is 0.411 e. The van der Waals surface area contributed by atoms with Crippen molar-refractivity contribution in [2.24, 2.45) is 5.16 Å². The maximum Gasteiger partial charge on any atom is 0.0814 e. The highest BCUT2D eigenvalue weighted by atomic mass is 16.5. The number of oxime groups is 1. The fraction of sp³-hybridized carbons (Fsp3) is 0.857. The lowest BCUT2D eigenvalue weighted by atomic mass is 9.82. The number of nitrogens with zero attached hydrogens (tertiary/aromatic N) is 1. The van der Waals surface area contributed by atoms with Crippen molar-refractivity contribution in [3.05, 3.63) is 0 Å². The normalized spacial score (nSPS) is 36.0. The van der Waals surface area contributed by atoms with Crippen LogP contribution in [0.3, 0.4) is 0 Å². The first-order valence-electron chi connectivity index (χ1n) is 3.85. The highest BCUT2D eigenvalue weighted by Crippen LogP contribution is 2.24. The van der Waals surface area contributed by atoms with Crippen molar-refractivity contribution in [1.29, 1.82) is 0 Å². The fourth-order valence-corrected chi connectivity index (χ4v) is 1.47. The van der Waals surface area contributed by atoms with E-state index in [2.05, 4.69) is 10.6 Å². The van der Waals surface area contributed by atoms with Crippen LogP contribution in [0.15, 0.2) is 5.16 Å². The van der Waals surface area contributed by atoms with Gasteiger partial charge in [0.15, 0.2) is 0 Å². The number of rotatable bonds is 1. The van der Waals surface area contributed by atoms with Crippen molar-refractivity contribution < 1.29 is 10.4 Å². The summed E-state index contributed by atoms with van der Waals surface area (Å²) in [5.41, 5.74) is 2.33. The maximum absolute atomic E-state index is 8.81. The Hall–Kier alpha value is -0.610. The molecule has 4 heteroatoms. The Balaban J connectivity index is 2.74. The minimum absolute atomic E-state index is 0.507. The summed E-state index contributed by atoms with van der Waals surface area (Å²) < 4.78 is 0. The average molecular weight is 158 g/mol. The standard InChI is InChI=1S/C7H14N2O2/c1-7(9-11)5-3-2-4-6(7)8-10/h9-11H,2-5H2,1H3/b8-6-/t7-/m0/s1. The van der Waals surface area contributed by atoms with Crippen molar-refractivity contribution in [3.63, 3.8) is 0 Å². The molecule has 0 amide bonds. The minimum Gasteiger partial charge on any atom is -0.411 e.